The summed E-state index contributed by atoms with van der Waals surface area (Å²) in [5.41, 5.74) is 1.88. The van der Waals surface area contributed by atoms with Crippen LogP contribution < -0.4 is 0 Å². The molecule has 4 rings (SSSR count). The maximum absolute atomic E-state index is 13.0. The number of esters is 1. The van der Waals surface area contributed by atoms with Gasteiger partial charge in [-0.25, -0.2) is 13.2 Å². The predicted molar refractivity (Wildman–Crippen MR) is 90.9 cm³/mol. The lowest BCUT2D eigenvalue weighted by molar-refractivity contribution is -0.00260. The molecule has 1 fully saturated rings. The summed E-state index contributed by atoms with van der Waals surface area (Å²) < 4.78 is 39.9. The van der Waals surface area contributed by atoms with Crippen LogP contribution in [0.4, 0.5) is 0 Å². The number of hydrogen-bond acceptors (Lipinski definition) is 6. The van der Waals surface area contributed by atoms with E-state index in [0.717, 1.165) is 12.1 Å². The van der Waals surface area contributed by atoms with E-state index >= 15 is 0 Å². The standard InChI is InChI=1S/C17H19N3O5S/c1-2-19-9-13(8-18-19)16-10-20(5-6-24-16)26(22,23)14-4-3-12-11-25-17(21)15(12)7-14/h3-4,7-9,16H,2,5-6,10-11H2,1H3/t16-/m1/s1. The predicted octanol–water partition coefficient (Wildman–Crippen LogP) is 1.34. The molecular formula is C17H19N3O5S. The molecule has 0 radical (unpaired) electrons. The van der Waals surface area contributed by atoms with Gasteiger partial charge in [0.25, 0.3) is 0 Å². The van der Waals surface area contributed by atoms with Crippen molar-refractivity contribution in [1.29, 1.82) is 0 Å². The van der Waals surface area contributed by atoms with Gasteiger partial charge < -0.3 is 9.47 Å². The van der Waals surface area contributed by atoms with Crippen LogP contribution in [-0.2, 0) is 32.6 Å². The van der Waals surface area contributed by atoms with Crippen molar-refractivity contribution in [3.63, 3.8) is 0 Å². The molecule has 1 aromatic carbocycles. The van der Waals surface area contributed by atoms with Gasteiger partial charge in [0.1, 0.15) is 6.61 Å². The van der Waals surface area contributed by atoms with Crippen molar-refractivity contribution in [2.24, 2.45) is 0 Å². The summed E-state index contributed by atoms with van der Waals surface area (Å²) >= 11 is 0. The first-order valence-corrected chi connectivity index (χ1v) is 9.87. The van der Waals surface area contributed by atoms with Gasteiger partial charge in [-0.15, -0.1) is 0 Å². The summed E-state index contributed by atoms with van der Waals surface area (Å²) in [6.45, 7) is 3.68. The molecule has 0 bridgehead atoms. The Morgan fingerprint density at radius 2 is 2.19 bits per heavy atom. The topological polar surface area (TPSA) is 90.7 Å². The summed E-state index contributed by atoms with van der Waals surface area (Å²) in [5.74, 6) is -0.483. The third-order valence-electron chi connectivity index (χ3n) is 4.68. The van der Waals surface area contributed by atoms with Gasteiger partial charge in [0, 0.05) is 37.0 Å². The van der Waals surface area contributed by atoms with Gasteiger partial charge >= 0.3 is 5.97 Å². The van der Waals surface area contributed by atoms with Crippen LogP contribution in [0.25, 0.3) is 0 Å². The Kier molecular flexibility index (Phi) is 4.29. The van der Waals surface area contributed by atoms with Crippen LogP contribution in [0.15, 0.2) is 35.5 Å². The largest absolute Gasteiger partial charge is 0.457 e. The summed E-state index contributed by atoms with van der Waals surface area (Å²) in [4.78, 5) is 11.8. The zero-order valence-electron chi connectivity index (χ0n) is 14.3. The smallest absolute Gasteiger partial charge is 0.338 e. The van der Waals surface area contributed by atoms with Gasteiger partial charge in [-0.1, -0.05) is 6.07 Å². The van der Waals surface area contributed by atoms with Crippen LogP contribution in [0.3, 0.4) is 0 Å². The molecule has 26 heavy (non-hydrogen) atoms. The van der Waals surface area contributed by atoms with Crippen molar-refractivity contribution in [2.45, 2.75) is 31.1 Å². The third-order valence-corrected chi connectivity index (χ3v) is 6.54. The van der Waals surface area contributed by atoms with Crippen LogP contribution >= 0.6 is 0 Å². The fourth-order valence-corrected chi connectivity index (χ4v) is 4.62. The first-order chi connectivity index (χ1) is 12.5. The molecular weight excluding hydrogens is 358 g/mol. The molecule has 3 heterocycles. The second-order valence-electron chi connectivity index (χ2n) is 6.25. The van der Waals surface area contributed by atoms with E-state index < -0.39 is 16.0 Å². The second-order valence-corrected chi connectivity index (χ2v) is 8.18. The van der Waals surface area contributed by atoms with Gasteiger partial charge in [0.2, 0.25) is 10.0 Å². The lowest BCUT2D eigenvalue weighted by atomic mass is 10.1. The number of aryl methyl sites for hydroxylation is 1. The molecule has 9 heteroatoms. The molecule has 2 aliphatic heterocycles. The summed E-state index contributed by atoms with van der Waals surface area (Å²) in [5, 5.41) is 4.22. The Morgan fingerprint density at radius 3 is 2.96 bits per heavy atom. The SMILES string of the molecule is CCn1cc([C@H]2CN(S(=O)(=O)c3ccc4c(c3)C(=O)OC4)CCO2)cn1. The lowest BCUT2D eigenvalue weighted by Gasteiger charge is -2.31. The van der Waals surface area contributed by atoms with Gasteiger partial charge in [-0.05, 0) is 19.1 Å². The van der Waals surface area contributed by atoms with Crippen LogP contribution in [-0.4, -0.2) is 48.2 Å². The quantitative estimate of drug-likeness (QED) is 0.747. The molecule has 0 spiro atoms. The number of sulfonamides is 1. The minimum Gasteiger partial charge on any atom is -0.457 e. The van der Waals surface area contributed by atoms with Gasteiger partial charge in [0.05, 0.1) is 29.4 Å². The Labute approximate surface area is 151 Å². The average Bonchev–Trinajstić information content (AvgIpc) is 3.29. The molecule has 0 aliphatic carbocycles. The molecule has 0 unspecified atom stereocenters. The number of aromatic nitrogens is 2. The van der Waals surface area contributed by atoms with Gasteiger partial charge in [0.15, 0.2) is 0 Å². The number of cyclic esters (lactones) is 1. The Balaban J connectivity index is 1.59. The number of rotatable bonds is 4. The highest BCUT2D eigenvalue weighted by Crippen LogP contribution is 2.29. The van der Waals surface area contributed by atoms with Crippen molar-refractivity contribution in [3.8, 4) is 0 Å². The van der Waals surface area contributed by atoms with Crippen molar-refractivity contribution in [2.75, 3.05) is 19.7 Å². The monoisotopic (exact) mass is 377 g/mol. The molecule has 2 aliphatic rings. The molecule has 1 aromatic heterocycles. The minimum atomic E-state index is -3.73. The molecule has 8 nitrogen and oxygen atoms in total. The van der Waals surface area contributed by atoms with E-state index in [2.05, 4.69) is 5.10 Å². The summed E-state index contributed by atoms with van der Waals surface area (Å²) in [7, 11) is -3.73. The molecule has 0 amide bonds. The highest BCUT2D eigenvalue weighted by atomic mass is 32.2. The number of benzene rings is 1. The van der Waals surface area contributed by atoms with Gasteiger partial charge in [-0.2, -0.15) is 9.40 Å². The zero-order chi connectivity index (χ0) is 18.3. The van der Waals surface area contributed by atoms with Crippen LogP contribution in [0, 0.1) is 0 Å². The zero-order valence-corrected chi connectivity index (χ0v) is 15.1. The number of ether oxygens (including phenoxy) is 2. The summed E-state index contributed by atoms with van der Waals surface area (Å²) in [6.07, 6.45) is 3.21. The maximum atomic E-state index is 13.0. The normalized spacial score (nSPS) is 20.8. The van der Waals surface area contributed by atoms with Gasteiger partial charge in [-0.3, -0.25) is 4.68 Å². The van der Waals surface area contributed by atoms with Crippen LogP contribution in [0.2, 0.25) is 0 Å². The Morgan fingerprint density at radius 1 is 1.35 bits per heavy atom. The molecule has 1 atom stereocenters. The fourth-order valence-electron chi connectivity index (χ4n) is 3.17. The average molecular weight is 377 g/mol. The highest BCUT2D eigenvalue weighted by Gasteiger charge is 2.33. The highest BCUT2D eigenvalue weighted by molar-refractivity contribution is 7.89. The van der Waals surface area contributed by atoms with Crippen molar-refractivity contribution in [3.05, 3.63) is 47.3 Å². The van der Waals surface area contributed by atoms with Crippen LogP contribution in [0.5, 0.6) is 0 Å². The second kappa shape index (κ2) is 6.49. The Bertz CT molecular complexity index is 953. The number of fused-ring (bicyclic) bond motifs is 1. The van der Waals surface area contributed by atoms with Crippen LogP contribution in [0.1, 0.15) is 34.5 Å². The molecule has 0 saturated carbocycles. The van der Waals surface area contributed by atoms with E-state index in [9.17, 15) is 13.2 Å². The number of carbonyl (C=O) groups excluding carboxylic acids is 1. The summed E-state index contributed by atoms with van der Waals surface area (Å²) in [6, 6.07) is 4.56. The lowest BCUT2D eigenvalue weighted by Crippen LogP contribution is -2.42. The van der Waals surface area contributed by atoms with Crippen molar-refractivity contribution >= 4 is 16.0 Å². The van der Waals surface area contributed by atoms with E-state index in [1.165, 1.54) is 16.4 Å². The molecule has 0 N–H and O–H groups in total. The molecule has 1 saturated heterocycles. The van der Waals surface area contributed by atoms with E-state index in [4.69, 9.17) is 9.47 Å². The Hall–Kier alpha value is -2.23. The maximum Gasteiger partial charge on any atom is 0.338 e. The fraction of sp³-hybridized carbons (Fsp3) is 0.412. The van der Waals surface area contributed by atoms with E-state index in [0.29, 0.717) is 17.7 Å². The first kappa shape index (κ1) is 17.2. The number of carbonyl (C=O) groups is 1. The van der Waals surface area contributed by atoms with Crippen molar-refractivity contribution in [1.82, 2.24) is 14.1 Å². The minimum absolute atomic E-state index is 0.0972. The first-order valence-electron chi connectivity index (χ1n) is 8.43. The number of nitrogens with zero attached hydrogens (tertiary/aromatic N) is 3. The third kappa shape index (κ3) is 2.91. The number of hydrogen-bond donors (Lipinski definition) is 0. The number of morpholine rings is 1. The van der Waals surface area contributed by atoms with E-state index in [-0.39, 0.29) is 30.7 Å². The van der Waals surface area contributed by atoms with E-state index in [1.54, 1.807) is 16.9 Å². The molecule has 138 valence electrons. The van der Waals surface area contributed by atoms with Crippen molar-refractivity contribution < 1.29 is 22.7 Å². The molecule has 2 aromatic rings. The van der Waals surface area contributed by atoms with E-state index in [1.807, 2.05) is 13.1 Å².